The zero-order chi connectivity index (χ0) is 14.3. The van der Waals surface area contributed by atoms with Gasteiger partial charge in [0.25, 0.3) is 0 Å². The summed E-state index contributed by atoms with van der Waals surface area (Å²) >= 11 is 5.88. The first-order valence-electron chi connectivity index (χ1n) is 6.37. The monoisotopic (exact) mass is 284 g/mol. The molecule has 1 aromatic carbocycles. The fourth-order valence-electron chi connectivity index (χ4n) is 1.63. The molecule has 0 saturated heterocycles. The predicted octanol–water partition coefficient (Wildman–Crippen LogP) is 2.08. The van der Waals surface area contributed by atoms with E-state index in [0.29, 0.717) is 23.9 Å². The highest BCUT2D eigenvalue weighted by Gasteiger charge is 2.13. The van der Waals surface area contributed by atoms with Gasteiger partial charge >= 0.3 is 0 Å². The molecule has 0 spiro atoms. The van der Waals surface area contributed by atoms with Gasteiger partial charge in [-0.2, -0.15) is 0 Å². The van der Waals surface area contributed by atoms with Crippen LogP contribution in [0.4, 0.5) is 0 Å². The molecule has 106 valence electrons. The summed E-state index contributed by atoms with van der Waals surface area (Å²) in [6.07, 6.45) is -0.107. The van der Waals surface area contributed by atoms with Crippen molar-refractivity contribution in [3.63, 3.8) is 0 Å². The number of benzene rings is 1. The van der Waals surface area contributed by atoms with Gasteiger partial charge in [0.15, 0.2) is 0 Å². The van der Waals surface area contributed by atoms with Crippen molar-refractivity contribution in [3.05, 3.63) is 29.3 Å². The summed E-state index contributed by atoms with van der Waals surface area (Å²) in [6.45, 7) is 4.92. The van der Waals surface area contributed by atoms with Crippen LogP contribution in [-0.4, -0.2) is 32.1 Å². The summed E-state index contributed by atoms with van der Waals surface area (Å²) < 4.78 is 5.67. The van der Waals surface area contributed by atoms with Gasteiger partial charge in [0.2, 0.25) is 5.91 Å². The Bertz CT molecular complexity index is 412. The fourth-order valence-corrected chi connectivity index (χ4v) is 1.81. The SMILES string of the molecule is CNCC(C)C(=O)NCC(C)Oc1cccc(Cl)c1. The minimum Gasteiger partial charge on any atom is -0.489 e. The Kier molecular flexibility index (Phi) is 6.67. The quantitative estimate of drug-likeness (QED) is 0.806. The standard InChI is InChI=1S/C14H21ClN2O2/c1-10(8-16-3)14(18)17-9-11(2)19-13-6-4-5-12(15)7-13/h4-7,10-11,16H,8-9H2,1-3H3,(H,17,18). The molecule has 2 unspecified atom stereocenters. The third-order valence-electron chi connectivity index (χ3n) is 2.65. The number of carbonyl (C=O) groups is 1. The average molecular weight is 285 g/mol. The third kappa shape index (κ3) is 5.94. The van der Waals surface area contributed by atoms with Crippen LogP contribution >= 0.6 is 11.6 Å². The van der Waals surface area contributed by atoms with Crippen LogP contribution in [0, 0.1) is 5.92 Å². The minimum absolute atomic E-state index is 0.0240. The number of halogens is 1. The summed E-state index contributed by atoms with van der Waals surface area (Å²) in [5, 5.41) is 6.48. The van der Waals surface area contributed by atoms with Crippen LogP contribution in [0.5, 0.6) is 5.75 Å². The lowest BCUT2D eigenvalue weighted by Crippen LogP contribution is -2.39. The molecule has 2 N–H and O–H groups in total. The van der Waals surface area contributed by atoms with E-state index in [9.17, 15) is 4.79 Å². The number of hydrogen-bond donors (Lipinski definition) is 2. The van der Waals surface area contributed by atoms with Crippen LogP contribution < -0.4 is 15.4 Å². The lowest BCUT2D eigenvalue weighted by Gasteiger charge is -2.17. The predicted molar refractivity (Wildman–Crippen MR) is 77.6 cm³/mol. The molecule has 0 fully saturated rings. The number of amides is 1. The zero-order valence-corrected chi connectivity index (χ0v) is 12.3. The largest absolute Gasteiger partial charge is 0.489 e. The maximum Gasteiger partial charge on any atom is 0.224 e. The van der Waals surface area contributed by atoms with Gasteiger partial charge in [0, 0.05) is 17.5 Å². The van der Waals surface area contributed by atoms with E-state index in [1.54, 1.807) is 12.1 Å². The highest BCUT2D eigenvalue weighted by Crippen LogP contribution is 2.18. The molecule has 1 rings (SSSR count). The first-order chi connectivity index (χ1) is 9.02. The molecule has 0 radical (unpaired) electrons. The molecule has 0 aliphatic heterocycles. The van der Waals surface area contributed by atoms with Crippen LogP contribution in [0.25, 0.3) is 0 Å². The molecule has 0 saturated carbocycles. The van der Waals surface area contributed by atoms with Crippen LogP contribution in [0.2, 0.25) is 5.02 Å². The Labute approximate surface area is 119 Å². The molecular weight excluding hydrogens is 264 g/mol. The van der Waals surface area contributed by atoms with Gasteiger partial charge < -0.3 is 15.4 Å². The smallest absolute Gasteiger partial charge is 0.224 e. The van der Waals surface area contributed by atoms with Crippen molar-refractivity contribution in [3.8, 4) is 5.75 Å². The first kappa shape index (κ1) is 15.8. The van der Waals surface area contributed by atoms with Crippen LogP contribution in [-0.2, 0) is 4.79 Å². The maximum absolute atomic E-state index is 11.7. The molecule has 19 heavy (non-hydrogen) atoms. The average Bonchev–Trinajstić information content (AvgIpc) is 2.36. The van der Waals surface area contributed by atoms with Crippen molar-refractivity contribution in [2.24, 2.45) is 5.92 Å². The Balaban J connectivity index is 2.35. The molecular formula is C14H21ClN2O2. The Morgan fingerprint density at radius 3 is 2.74 bits per heavy atom. The van der Waals surface area contributed by atoms with Crippen LogP contribution in [0.15, 0.2) is 24.3 Å². The van der Waals surface area contributed by atoms with Crippen LogP contribution in [0.3, 0.4) is 0 Å². The molecule has 0 aliphatic carbocycles. The second-order valence-corrected chi connectivity index (χ2v) is 5.03. The fraction of sp³-hybridized carbons (Fsp3) is 0.500. The van der Waals surface area contributed by atoms with Gasteiger partial charge in [-0.3, -0.25) is 4.79 Å². The van der Waals surface area contributed by atoms with E-state index in [-0.39, 0.29) is 17.9 Å². The van der Waals surface area contributed by atoms with Gasteiger partial charge in [-0.1, -0.05) is 24.6 Å². The Hall–Kier alpha value is -1.26. The second kappa shape index (κ2) is 8.02. The van der Waals surface area contributed by atoms with Crippen molar-refractivity contribution >= 4 is 17.5 Å². The van der Waals surface area contributed by atoms with E-state index in [4.69, 9.17) is 16.3 Å². The highest BCUT2D eigenvalue weighted by atomic mass is 35.5. The molecule has 0 aliphatic rings. The van der Waals surface area contributed by atoms with Crippen molar-refractivity contribution in [2.75, 3.05) is 20.1 Å². The third-order valence-corrected chi connectivity index (χ3v) is 2.89. The minimum atomic E-state index is -0.107. The molecule has 0 aromatic heterocycles. The van der Waals surface area contributed by atoms with Gasteiger partial charge in [0.05, 0.1) is 6.54 Å². The molecule has 1 amide bonds. The zero-order valence-electron chi connectivity index (χ0n) is 11.6. The van der Waals surface area contributed by atoms with Crippen LogP contribution in [0.1, 0.15) is 13.8 Å². The number of hydrogen-bond acceptors (Lipinski definition) is 3. The highest BCUT2D eigenvalue weighted by molar-refractivity contribution is 6.30. The molecule has 5 heteroatoms. The van der Waals surface area contributed by atoms with Gasteiger partial charge in [-0.25, -0.2) is 0 Å². The van der Waals surface area contributed by atoms with Gasteiger partial charge in [-0.05, 0) is 32.2 Å². The van der Waals surface area contributed by atoms with Gasteiger partial charge in [0.1, 0.15) is 11.9 Å². The molecule has 1 aromatic rings. The number of rotatable bonds is 7. The van der Waals surface area contributed by atoms with E-state index in [1.807, 2.05) is 33.0 Å². The second-order valence-electron chi connectivity index (χ2n) is 4.59. The Morgan fingerprint density at radius 2 is 2.11 bits per heavy atom. The number of carbonyl (C=O) groups excluding carboxylic acids is 1. The Morgan fingerprint density at radius 1 is 1.37 bits per heavy atom. The van der Waals surface area contributed by atoms with Crippen molar-refractivity contribution in [2.45, 2.75) is 20.0 Å². The van der Waals surface area contributed by atoms with E-state index in [2.05, 4.69) is 10.6 Å². The number of nitrogens with one attached hydrogen (secondary N) is 2. The van der Waals surface area contributed by atoms with E-state index in [1.165, 1.54) is 0 Å². The summed E-state index contributed by atoms with van der Waals surface area (Å²) in [7, 11) is 1.83. The molecule has 0 bridgehead atoms. The molecule has 0 heterocycles. The van der Waals surface area contributed by atoms with E-state index >= 15 is 0 Å². The van der Waals surface area contributed by atoms with Gasteiger partial charge in [-0.15, -0.1) is 0 Å². The lowest BCUT2D eigenvalue weighted by atomic mass is 10.1. The molecule has 2 atom stereocenters. The number of ether oxygens (including phenoxy) is 1. The lowest BCUT2D eigenvalue weighted by molar-refractivity contribution is -0.124. The maximum atomic E-state index is 11.7. The summed E-state index contributed by atoms with van der Waals surface area (Å²) in [6, 6.07) is 7.22. The summed E-state index contributed by atoms with van der Waals surface area (Å²) in [5.74, 6) is 0.678. The first-order valence-corrected chi connectivity index (χ1v) is 6.75. The topological polar surface area (TPSA) is 50.4 Å². The molecule has 4 nitrogen and oxygen atoms in total. The normalized spacial score (nSPS) is 13.7. The van der Waals surface area contributed by atoms with E-state index in [0.717, 1.165) is 0 Å². The summed E-state index contributed by atoms with van der Waals surface area (Å²) in [5.41, 5.74) is 0. The van der Waals surface area contributed by atoms with E-state index < -0.39 is 0 Å². The van der Waals surface area contributed by atoms with Crippen molar-refractivity contribution < 1.29 is 9.53 Å². The summed E-state index contributed by atoms with van der Waals surface area (Å²) in [4.78, 5) is 11.7. The van der Waals surface area contributed by atoms with Crippen molar-refractivity contribution in [1.29, 1.82) is 0 Å². The van der Waals surface area contributed by atoms with Crippen molar-refractivity contribution in [1.82, 2.24) is 10.6 Å².